The molecule has 0 radical (unpaired) electrons. The summed E-state index contributed by atoms with van der Waals surface area (Å²) in [6.45, 7) is 5.06. The van der Waals surface area contributed by atoms with Crippen LogP contribution in [0.4, 0.5) is 0 Å². The number of thiophene rings is 1. The largest absolute Gasteiger partial charge is 0.381 e. The van der Waals surface area contributed by atoms with Crippen LogP contribution in [-0.4, -0.2) is 30.1 Å². The Morgan fingerprint density at radius 2 is 2.14 bits per heavy atom. The quantitative estimate of drug-likeness (QED) is 0.792. The first-order chi connectivity index (χ1) is 10.2. The lowest BCUT2D eigenvalue weighted by Gasteiger charge is -2.34. The average molecular weight is 309 g/mol. The van der Waals surface area contributed by atoms with Crippen molar-refractivity contribution in [2.75, 3.05) is 7.11 Å². The number of hydrogen-bond acceptors (Lipinski definition) is 3. The van der Waals surface area contributed by atoms with Gasteiger partial charge in [-0.05, 0) is 61.4 Å². The average Bonchev–Trinajstić information content (AvgIpc) is 3.04. The molecule has 0 saturated heterocycles. The summed E-state index contributed by atoms with van der Waals surface area (Å²) in [5.41, 5.74) is 1.25. The fourth-order valence-corrected chi connectivity index (χ4v) is 3.69. The van der Waals surface area contributed by atoms with Crippen molar-refractivity contribution in [1.82, 2.24) is 4.90 Å². The highest BCUT2D eigenvalue weighted by Gasteiger charge is 2.31. The van der Waals surface area contributed by atoms with Gasteiger partial charge in [0.2, 0.25) is 5.91 Å². The van der Waals surface area contributed by atoms with Gasteiger partial charge in [-0.1, -0.05) is 6.92 Å². The van der Waals surface area contributed by atoms with E-state index in [9.17, 15) is 4.79 Å². The monoisotopic (exact) mass is 309 g/mol. The SMILES string of the molecule is CC[C@H](C)N(Cc1ccsc1)C(=O)C1CCC(OC)CC1. The summed E-state index contributed by atoms with van der Waals surface area (Å²) in [5, 5.41) is 4.23. The molecule has 0 aromatic carbocycles. The standard InChI is InChI=1S/C17H27NO2S/c1-4-13(2)18(11-14-9-10-21-12-14)17(19)15-5-7-16(20-3)8-6-15/h9-10,12-13,15-16H,4-8,11H2,1-3H3/t13-,15?,16?/m0/s1. The third kappa shape index (κ3) is 4.30. The van der Waals surface area contributed by atoms with Crippen LogP contribution in [-0.2, 0) is 16.1 Å². The number of nitrogens with zero attached hydrogens (tertiary/aromatic N) is 1. The Bertz CT molecular complexity index is 424. The number of rotatable bonds is 6. The molecule has 4 heteroatoms. The highest BCUT2D eigenvalue weighted by atomic mass is 32.1. The summed E-state index contributed by atoms with van der Waals surface area (Å²) >= 11 is 1.70. The molecule has 1 aromatic rings. The second-order valence-electron chi connectivity index (χ2n) is 6.06. The number of amides is 1. The Hall–Kier alpha value is -0.870. The van der Waals surface area contributed by atoms with E-state index in [0.29, 0.717) is 18.1 Å². The molecular weight excluding hydrogens is 282 g/mol. The summed E-state index contributed by atoms with van der Waals surface area (Å²) in [5.74, 6) is 0.522. The number of methoxy groups -OCH3 is 1. The maximum Gasteiger partial charge on any atom is 0.226 e. The molecular formula is C17H27NO2S. The van der Waals surface area contributed by atoms with E-state index in [1.54, 1.807) is 18.4 Å². The van der Waals surface area contributed by atoms with Crippen molar-refractivity contribution in [3.8, 4) is 0 Å². The molecule has 1 amide bonds. The molecule has 1 aliphatic rings. The van der Waals surface area contributed by atoms with Crippen LogP contribution in [0.5, 0.6) is 0 Å². The van der Waals surface area contributed by atoms with Crippen molar-refractivity contribution in [1.29, 1.82) is 0 Å². The van der Waals surface area contributed by atoms with Gasteiger partial charge in [0.05, 0.1) is 6.10 Å². The van der Waals surface area contributed by atoms with Crippen LogP contribution < -0.4 is 0 Å². The molecule has 1 fully saturated rings. The molecule has 3 nitrogen and oxygen atoms in total. The van der Waals surface area contributed by atoms with Gasteiger partial charge >= 0.3 is 0 Å². The van der Waals surface area contributed by atoms with Crippen LogP contribution in [0.3, 0.4) is 0 Å². The van der Waals surface area contributed by atoms with Crippen LogP contribution in [0.25, 0.3) is 0 Å². The van der Waals surface area contributed by atoms with E-state index < -0.39 is 0 Å². The lowest BCUT2D eigenvalue weighted by molar-refractivity contribution is -0.140. The van der Waals surface area contributed by atoms with E-state index in [1.807, 2.05) is 0 Å². The zero-order chi connectivity index (χ0) is 15.2. The first-order valence-electron chi connectivity index (χ1n) is 8.00. The van der Waals surface area contributed by atoms with Gasteiger partial charge in [0.1, 0.15) is 0 Å². The van der Waals surface area contributed by atoms with Gasteiger partial charge in [-0.2, -0.15) is 11.3 Å². The minimum absolute atomic E-state index is 0.184. The molecule has 1 aromatic heterocycles. The minimum atomic E-state index is 0.184. The molecule has 1 saturated carbocycles. The van der Waals surface area contributed by atoms with Gasteiger partial charge in [0.25, 0.3) is 0 Å². The molecule has 1 aliphatic carbocycles. The lowest BCUT2D eigenvalue weighted by atomic mass is 9.86. The Balaban J connectivity index is 2.00. The topological polar surface area (TPSA) is 29.5 Å². The number of carbonyl (C=O) groups is 1. The molecule has 1 heterocycles. The van der Waals surface area contributed by atoms with Crippen molar-refractivity contribution < 1.29 is 9.53 Å². The number of ether oxygens (including phenoxy) is 1. The first kappa shape index (κ1) is 16.5. The van der Waals surface area contributed by atoms with Crippen molar-refractivity contribution in [2.45, 2.75) is 64.6 Å². The van der Waals surface area contributed by atoms with Crippen molar-refractivity contribution in [3.05, 3.63) is 22.4 Å². The van der Waals surface area contributed by atoms with E-state index in [2.05, 4.69) is 35.6 Å². The normalized spacial score (nSPS) is 23.8. The van der Waals surface area contributed by atoms with Gasteiger partial charge < -0.3 is 9.64 Å². The molecule has 118 valence electrons. The molecule has 0 spiro atoms. The summed E-state index contributed by atoms with van der Waals surface area (Å²) in [6, 6.07) is 2.42. The van der Waals surface area contributed by atoms with Crippen LogP contribution >= 0.6 is 11.3 Å². The Morgan fingerprint density at radius 3 is 2.67 bits per heavy atom. The van der Waals surface area contributed by atoms with Crippen LogP contribution in [0.1, 0.15) is 51.5 Å². The molecule has 0 unspecified atom stereocenters. The van der Waals surface area contributed by atoms with Gasteiger partial charge in [-0.15, -0.1) is 0 Å². The molecule has 0 aliphatic heterocycles. The number of hydrogen-bond donors (Lipinski definition) is 0. The van der Waals surface area contributed by atoms with E-state index in [0.717, 1.165) is 38.6 Å². The first-order valence-corrected chi connectivity index (χ1v) is 8.94. The third-order valence-corrected chi connectivity index (χ3v) is 5.43. The highest BCUT2D eigenvalue weighted by Crippen LogP contribution is 2.29. The van der Waals surface area contributed by atoms with E-state index in [1.165, 1.54) is 5.56 Å². The van der Waals surface area contributed by atoms with E-state index in [4.69, 9.17) is 4.74 Å². The van der Waals surface area contributed by atoms with E-state index >= 15 is 0 Å². The Kier molecular flexibility index (Phi) is 6.24. The zero-order valence-corrected chi connectivity index (χ0v) is 14.2. The van der Waals surface area contributed by atoms with E-state index in [-0.39, 0.29) is 5.92 Å². The fourth-order valence-electron chi connectivity index (χ4n) is 3.03. The molecule has 1 atom stereocenters. The lowest BCUT2D eigenvalue weighted by Crippen LogP contribution is -2.42. The van der Waals surface area contributed by atoms with Crippen molar-refractivity contribution in [3.63, 3.8) is 0 Å². The minimum Gasteiger partial charge on any atom is -0.381 e. The zero-order valence-electron chi connectivity index (χ0n) is 13.4. The maximum atomic E-state index is 12.9. The molecule has 2 rings (SSSR count). The second kappa shape index (κ2) is 7.95. The van der Waals surface area contributed by atoms with Gasteiger partial charge in [0, 0.05) is 25.6 Å². The third-order valence-electron chi connectivity index (χ3n) is 4.70. The van der Waals surface area contributed by atoms with Crippen LogP contribution in [0, 0.1) is 5.92 Å². The van der Waals surface area contributed by atoms with Gasteiger partial charge in [-0.25, -0.2) is 0 Å². The van der Waals surface area contributed by atoms with Gasteiger partial charge in [-0.3, -0.25) is 4.79 Å². The fraction of sp³-hybridized carbons (Fsp3) is 0.706. The molecule has 21 heavy (non-hydrogen) atoms. The van der Waals surface area contributed by atoms with Crippen LogP contribution in [0.2, 0.25) is 0 Å². The Morgan fingerprint density at radius 1 is 1.43 bits per heavy atom. The second-order valence-corrected chi connectivity index (χ2v) is 6.84. The van der Waals surface area contributed by atoms with Crippen molar-refractivity contribution >= 4 is 17.2 Å². The Labute approximate surface area is 132 Å². The van der Waals surface area contributed by atoms with Crippen molar-refractivity contribution in [2.24, 2.45) is 5.92 Å². The molecule has 0 bridgehead atoms. The summed E-state index contributed by atoms with van der Waals surface area (Å²) in [7, 11) is 1.77. The highest BCUT2D eigenvalue weighted by molar-refractivity contribution is 7.07. The summed E-state index contributed by atoms with van der Waals surface area (Å²) in [6.07, 6.45) is 5.31. The smallest absolute Gasteiger partial charge is 0.226 e. The summed E-state index contributed by atoms with van der Waals surface area (Å²) < 4.78 is 5.41. The van der Waals surface area contributed by atoms with Gasteiger partial charge in [0.15, 0.2) is 0 Å². The predicted molar refractivity (Wildman–Crippen MR) is 87.4 cm³/mol. The predicted octanol–water partition coefficient (Wildman–Crippen LogP) is 4.08. The number of carbonyl (C=O) groups excluding carboxylic acids is 1. The molecule has 0 N–H and O–H groups in total. The summed E-state index contributed by atoms with van der Waals surface area (Å²) in [4.78, 5) is 15.0. The van der Waals surface area contributed by atoms with Crippen LogP contribution in [0.15, 0.2) is 16.8 Å². The maximum absolute atomic E-state index is 12.9.